The SMILES string of the molecule is c1ccc(-c2ncnc3[nH]ccc23)c(-c2ccoc2)c1. The van der Waals surface area contributed by atoms with Gasteiger partial charge in [-0.2, -0.15) is 0 Å². The Hall–Kier alpha value is -2.88. The van der Waals surface area contributed by atoms with Crippen LogP contribution in [0, 0.1) is 0 Å². The Balaban J connectivity index is 2.02. The standard InChI is InChI=1S/C16H11N3O/c1-2-4-13(12(3-1)11-6-8-20-9-11)15-14-5-7-17-16(14)19-10-18-15/h1-10H,(H,17,18,19). The van der Waals surface area contributed by atoms with E-state index in [0.717, 1.165) is 33.4 Å². The largest absolute Gasteiger partial charge is 0.472 e. The summed E-state index contributed by atoms with van der Waals surface area (Å²) >= 11 is 0. The van der Waals surface area contributed by atoms with Crippen molar-refractivity contribution in [1.29, 1.82) is 0 Å². The zero-order valence-corrected chi connectivity index (χ0v) is 10.6. The number of nitrogens with zero attached hydrogens (tertiary/aromatic N) is 2. The maximum absolute atomic E-state index is 5.19. The predicted molar refractivity (Wildman–Crippen MR) is 77.0 cm³/mol. The molecule has 4 nitrogen and oxygen atoms in total. The molecular formula is C16H11N3O. The molecule has 0 aliphatic carbocycles. The third kappa shape index (κ3) is 1.62. The van der Waals surface area contributed by atoms with Crippen molar-refractivity contribution in [3.05, 3.63) is 61.4 Å². The normalized spacial score (nSPS) is 11.0. The fourth-order valence-corrected chi connectivity index (χ4v) is 2.45. The van der Waals surface area contributed by atoms with Gasteiger partial charge in [-0.05, 0) is 17.7 Å². The third-order valence-corrected chi connectivity index (χ3v) is 3.37. The fourth-order valence-electron chi connectivity index (χ4n) is 2.45. The first-order valence-electron chi connectivity index (χ1n) is 6.33. The summed E-state index contributed by atoms with van der Waals surface area (Å²) in [6.07, 6.45) is 6.88. The summed E-state index contributed by atoms with van der Waals surface area (Å²) in [5.41, 5.74) is 4.98. The van der Waals surface area contributed by atoms with E-state index in [0.29, 0.717) is 0 Å². The number of nitrogens with one attached hydrogen (secondary N) is 1. The Morgan fingerprint density at radius 1 is 0.950 bits per heavy atom. The molecule has 0 radical (unpaired) electrons. The number of hydrogen-bond acceptors (Lipinski definition) is 3. The molecule has 3 aromatic heterocycles. The number of fused-ring (bicyclic) bond motifs is 1. The highest BCUT2D eigenvalue weighted by atomic mass is 16.3. The van der Waals surface area contributed by atoms with Crippen LogP contribution in [0.25, 0.3) is 33.4 Å². The molecule has 0 amide bonds. The van der Waals surface area contributed by atoms with Gasteiger partial charge in [0.2, 0.25) is 0 Å². The number of benzene rings is 1. The van der Waals surface area contributed by atoms with Crippen molar-refractivity contribution in [1.82, 2.24) is 15.0 Å². The molecule has 4 aromatic rings. The number of aromatic nitrogens is 3. The predicted octanol–water partition coefficient (Wildman–Crippen LogP) is 3.88. The van der Waals surface area contributed by atoms with Crippen LogP contribution in [0.3, 0.4) is 0 Å². The zero-order chi connectivity index (χ0) is 13.4. The van der Waals surface area contributed by atoms with Gasteiger partial charge in [-0.15, -0.1) is 0 Å². The molecule has 20 heavy (non-hydrogen) atoms. The van der Waals surface area contributed by atoms with E-state index in [-0.39, 0.29) is 0 Å². The van der Waals surface area contributed by atoms with E-state index >= 15 is 0 Å². The summed E-state index contributed by atoms with van der Waals surface area (Å²) in [7, 11) is 0. The summed E-state index contributed by atoms with van der Waals surface area (Å²) in [5.74, 6) is 0. The van der Waals surface area contributed by atoms with E-state index in [1.54, 1.807) is 18.9 Å². The Morgan fingerprint density at radius 3 is 2.70 bits per heavy atom. The second-order valence-electron chi connectivity index (χ2n) is 4.52. The van der Waals surface area contributed by atoms with Crippen LogP contribution < -0.4 is 0 Å². The number of rotatable bonds is 2. The molecule has 0 atom stereocenters. The van der Waals surface area contributed by atoms with Crippen molar-refractivity contribution in [3.8, 4) is 22.4 Å². The van der Waals surface area contributed by atoms with Crippen LogP contribution in [0.15, 0.2) is 65.9 Å². The van der Waals surface area contributed by atoms with Gasteiger partial charge in [-0.3, -0.25) is 0 Å². The molecule has 3 heterocycles. The van der Waals surface area contributed by atoms with Gasteiger partial charge in [0.25, 0.3) is 0 Å². The van der Waals surface area contributed by atoms with Gasteiger partial charge in [0.1, 0.15) is 12.0 Å². The van der Waals surface area contributed by atoms with Gasteiger partial charge in [-0.1, -0.05) is 24.3 Å². The molecule has 0 unspecified atom stereocenters. The molecule has 0 saturated carbocycles. The van der Waals surface area contributed by atoms with Crippen LogP contribution in [-0.4, -0.2) is 15.0 Å². The van der Waals surface area contributed by atoms with Crippen molar-refractivity contribution in [2.45, 2.75) is 0 Å². The Labute approximate surface area is 115 Å². The number of aromatic amines is 1. The van der Waals surface area contributed by atoms with Crippen molar-refractivity contribution in [2.75, 3.05) is 0 Å². The lowest BCUT2D eigenvalue weighted by Crippen LogP contribution is -1.89. The maximum atomic E-state index is 5.19. The lowest BCUT2D eigenvalue weighted by Gasteiger charge is -2.08. The van der Waals surface area contributed by atoms with Crippen LogP contribution in [0.2, 0.25) is 0 Å². The Morgan fingerprint density at radius 2 is 1.85 bits per heavy atom. The van der Waals surface area contributed by atoms with Crippen LogP contribution >= 0.6 is 0 Å². The number of hydrogen-bond donors (Lipinski definition) is 1. The topological polar surface area (TPSA) is 54.7 Å². The van der Waals surface area contributed by atoms with E-state index in [1.165, 1.54) is 0 Å². The molecular weight excluding hydrogens is 250 g/mol. The van der Waals surface area contributed by atoms with E-state index < -0.39 is 0 Å². The van der Waals surface area contributed by atoms with Gasteiger partial charge < -0.3 is 9.40 Å². The molecule has 1 aromatic carbocycles. The minimum Gasteiger partial charge on any atom is -0.472 e. The highest BCUT2D eigenvalue weighted by molar-refractivity contribution is 5.95. The Kier molecular flexibility index (Phi) is 2.39. The molecule has 4 rings (SSSR count). The van der Waals surface area contributed by atoms with Crippen LogP contribution in [-0.2, 0) is 0 Å². The average Bonchev–Trinajstić information content (AvgIpc) is 3.18. The van der Waals surface area contributed by atoms with Crippen molar-refractivity contribution < 1.29 is 4.42 Å². The van der Waals surface area contributed by atoms with Crippen LogP contribution in [0.1, 0.15) is 0 Å². The third-order valence-electron chi connectivity index (χ3n) is 3.37. The Bertz CT molecular complexity index is 862. The first-order valence-corrected chi connectivity index (χ1v) is 6.33. The van der Waals surface area contributed by atoms with E-state index in [1.807, 2.05) is 30.5 Å². The molecule has 0 spiro atoms. The highest BCUT2D eigenvalue weighted by Gasteiger charge is 2.12. The molecule has 0 aliphatic heterocycles. The number of furan rings is 1. The van der Waals surface area contributed by atoms with Gasteiger partial charge in [0.05, 0.1) is 18.2 Å². The molecule has 0 aliphatic rings. The fraction of sp³-hybridized carbons (Fsp3) is 0. The quantitative estimate of drug-likeness (QED) is 0.595. The van der Waals surface area contributed by atoms with Gasteiger partial charge in [0, 0.05) is 22.7 Å². The van der Waals surface area contributed by atoms with Crippen molar-refractivity contribution in [3.63, 3.8) is 0 Å². The lowest BCUT2D eigenvalue weighted by atomic mass is 9.98. The second-order valence-corrected chi connectivity index (χ2v) is 4.52. The van der Waals surface area contributed by atoms with Crippen LogP contribution in [0.5, 0.6) is 0 Å². The monoisotopic (exact) mass is 261 g/mol. The first kappa shape index (κ1) is 11.0. The summed E-state index contributed by atoms with van der Waals surface area (Å²) < 4.78 is 5.19. The van der Waals surface area contributed by atoms with Gasteiger partial charge in [0.15, 0.2) is 0 Å². The molecule has 96 valence electrons. The molecule has 0 bridgehead atoms. The van der Waals surface area contributed by atoms with Gasteiger partial charge in [-0.25, -0.2) is 9.97 Å². The molecule has 4 heteroatoms. The van der Waals surface area contributed by atoms with Crippen molar-refractivity contribution >= 4 is 11.0 Å². The lowest BCUT2D eigenvalue weighted by molar-refractivity contribution is 0.568. The number of H-pyrrole nitrogens is 1. The average molecular weight is 261 g/mol. The second kappa shape index (κ2) is 4.35. The summed E-state index contributed by atoms with van der Waals surface area (Å²) in [4.78, 5) is 11.8. The molecule has 0 saturated heterocycles. The smallest absolute Gasteiger partial charge is 0.141 e. The zero-order valence-electron chi connectivity index (χ0n) is 10.6. The maximum Gasteiger partial charge on any atom is 0.141 e. The summed E-state index contributed by atoms with van der Waals surface area (Å²) in [5, 5.41) is 1.02. The molecule has 1 N–H and O–H groups in total. The van der Waals surface area contributed by atoms with Crippen LogP contribution in [0.4, 0.5) is 0 Å². The van der Waals surface area contributed by atoms with E-state index in [4.69, 9.17) is 4.42 Å². The minimum absolute atomic E-state index is 0.844. The first-order chi connectivity index (χ1) is 9.93. The summed E-state index contributed by atoms with van der Waals surface area (Å²) in [6.45, 7) is 0. The van der Waals surface area contributed by atoms with Crippen molar-refractivity contribution in [2.24, 2.45) is 0 Å². The van der Waals surface area contributed by atoms with E-state index in [9.17, 15) is 0 Å². The highest BCUT2D eigenvalue weighted by Crippen LogP contribution is 2.33. The minimum atomic E-state index is 0.844. The molecule has 0 fully saturated rings. The van der Waals surface area contributed by atoms with Gasteiger partial charge >= 0.3 is 0 Å². The van der Waals surface area contributed by atoms with E-state index in [2.05, 4.69) is 27.1 Å². The summed E-state index contributed by atoms with van der Waals surface area (Å²) in [6, 6.07) is 12.1.